The second-order valence-corrected chi connectivity index (χ2v) is 1.48. The molecule has 0 atom stereocenters. The Hall–Kier alpha value is 0.0843. The van der Waals surface area contributed by atoms with Crippen LogP contribution in [0.2, 0.25) is 0 Å². The Morgan fingerprint density at radius 3 is 2.56 bits per heavy atom. The molecular weight excluding hydrogens is 175 g/mol. The standard InChI is InChI=1S/C5H5ClO.O.Ti/c6-4-5-2-1-3-7-5;;/h1-3H,4H2;;. The molecule has 0 N–H and O–H groups in total. The zero-order chi connectivity index (χ0) is 7.11. The summed E-state index contributed by atoms with van der Waals surface area (Å²) >= 11 is 6.12. The molecule has 0 aliphatic carbocycles. The Morgan fingerprint density at radius 2 is 2.33 bits per heavy atom. The van der Waals surface area contributed by atoms with Crippen LogP contribution in [0.15, 0.2) is 22.8 Å². The van der Waals surface area contributed by atoms with Gasteiger partial charge in [-0.25, -0.2) is 0 Å². The molecule has 0 saturated carbocycles. The molecule has 0 saturated heterocycles. The van der Waals surface area contributed by atoms with E-state index in [4.69, 9.17) is 19.3 Å². The van der Waals surface area contributed by atoms with Gasteiger partial charge in [0.25, 0.3) is 0 Å². The van der Waals surface area contributed by atoms with Crippen LogP contribution in [0.4, 0.5) is 0 Å². The Balaban J connectivity index is 0.000000291. The molecule has 2 nitrogen and oxygen atoms in total. The molecule has 0 aromatic carbocycles. The minimum absolute atomic E-state index is 0.465. The Kier molecular flexibility index (Phi) is 6.27. The van der Waals surface area contributed by atoms with E-state index in [1.54, 1.807) is 6.26 Å². The summed E-state index contributed by atoms with van der Waals surface area (Å²) in [6, 6.07) is 3.66. The predicted octanol–water partition coefficient (Wildman–Crippen LogP) is 1.90. The number of furan rings is 1. The molecule has 0 spiro atoms. The Morgan fingerprint density at radius 1 is 1.67 bits per heavy atom. The van der Waals surface area contributed by atoms with Crippen LogP contribution in [-0.2, 0) is 29.6 Å². The van der Waals surface area contributed by atoms with E-state index in [9.17, 15) is 0 Å². The van der Waals surface area contributed by atoms with Gasteiger partial charge in [-0.2, -0.15) is 0 Å². The zero-order valence-electron chi connectivity index (χ0n) is 4.63. The van der Waals surface area contributed by atoms with Crippen LogP contribution < -0.4 is 0 Å². The molecule has 9 heavy (non-hydrogen) atoms. The number of alkyl halides is 1. The van der Waals surface area contributed by atoms with Gasteiger partial charge in [0.15, 0.2) is 0 Å². The van der Waals surface area contributed by atoms with E-state index in [-0.39, 0.29) is 0 Å². The quantitative estimate of drug-likeness (QED) is 0.488. The van der Waals surface area contributed by atoms with E-state index in [2.05, 4.69) is 0 Å². The third-order valence-electron chi connectivity index (χ3n) is 0.712. The van der Waals surface area contributed by atoms with Crippen LogP contribution in [-0.4, -0.2) is 0 Å². The molecule has 1 heterocycles. The SMILES string of the molecule is ClCc1ccco1.[O]=[Ti]. The van der Waals surface area contributed by atoms with Crippen molar-refractivity contribution in [3.8, 4) is 0 Å². The maximum atomic E-state index is 8.25. The normalized spacial score (nSPS) is 7.56. The van der Waals surface area contributed by atoms with Gasteiger partial charge >= 0.3 is 23.7 Å². The first-order valence-electron chi connectivity index (χ1n) is 2.22. The third-order valence-corrected chi connectivity index (χ3v) is 0.975. The van der Waals surface area contributed by atoms with Gasteiger partial charge in [0, 0.05) is 0 Å². The van der Waals surface area contributed by atoms with Crippen molar-refractivity contribution in [3.05, 3.63) is 24.2 Å². The molecule has 0 aliphatic rings. The number of rotatable bonds is 1. The molecule has 0 fully saturated rings. The molecule has 0 radical (unpaired) electrons. The van der Waals surface area contributed by atoms with Crippen LogP contribution >= 0.6 is 11.6 Å². The first-order valence-corrected chi connectivity index (χ1v) is 3.39. The summed E-state index contributed by atoms with van der Waals surface area (Å²) in [5.41, 5.74) is 0. The second kappa shape index (κ2) is 6.21. The van der Waals surface area contributed by atoms with Gasteiger partial charge in [0.2, 0.25) is 0 Å². The molecule has 0 amide bonds. The van der Waals surface area contributed by atoms with Crippen LogP contribution in [0.25, 0.3) is 0 Å². The fourth-order valence-corrected chi connectivity index (χ4v) is 0.541. The van der Waals surface area contributed by atoms with Crippen LogP contribution in [0.5, 0.6) is 0 Å². The van der Waals surface area contributed by atoms with Crippen LogP contribution in [0.1, 0.15) is 5.76 Å². The van der Waals surface area contributed by atoms with Crippen molar-refractivity contribution in [2.24, 2.45) is 0 Å². The summed E-state index contributed by atoms with van der Waals surface area (Å²) in [6.07, 6.45) is 1.61. The van der Waals surface area contributed by atoms with Gasteiger partial charge in [-0.3, -0.25) is 0 Å². The van der Waals surface area contributed by atoms with Crippen molar-refractivity contribution in [2.75, 3.05) is 0 Å². The van der Waals surface area contributed by atoms with Crippen molar-refractivity contribution >= 4 is 11.6 Å². The van der Waals surface area contributed by atoms with Crippen LogP contribution in [0, 0.1) is 0 Å². The molecule has 1 rings (SSSR count). The number of halogens is 1. The van der Waals surface area contributed by atoms with Gasteiger partial charge in [-0.15, -0.1) is 11.6 Å². The molecule has 0 bridgehead atoms. The molecular formula is C5H5ClO2Ti. The monoisotopic (exact) mass is 180 g/mol. The van der Waals surface area contributed by atoms with E-state index in [0.29, 0.717) is 5.88 Å². The average Bonchev–Trinajstić information content (AvgIpc) is 2.43. The predicted molar refractivity (Wildman–Crippen MR) is 29.0 cm³/mol. The minimum atomic E-state index is 0.465. The molecule has 4 heteroatoms. The van der Waals surface area contributed by atoms with Gasteiger partial charge in [-0.1, -0.05) is 0 Å². The van der Waals surface area contributed by atoms with E-state index < -0.39 is 0 Å². The van der Waals surface area contributed by atoms with Crippen molar-refractivity contribution < 1.29 is 28.1 Å². The van der Waals surface area contributed by atoms with Crippen LogP contribution in [0.3, 0.4) is 0 Å². The fourth-order valence-electron chi connectivity index (χ4n) is 0.389. The van der Waals surface area contributed by atoms with E-state index >= 15 is 0 Å². The van der Waals surface area contributed by atoms with Gasteiger partial charge in [-0.05, 0) is 12.1 Å². The van der Waals surface area contributed by atoms with Gasteiger partial charge in [0.1, 0.15) is 5.76 Å². The molecule has 1 aromatic rings. The molecule has 48 valence electrons. The maximum absolute atomic E-state index is 8.25. The summed E-state index contributed by atoms with van der Waals surface area (Å²) in [5, 5.41) is 0. The fraction of sp³-hybridized carbons (Fsp3) is 0.200. The summed E-state index contributed by atoms with van der Waals surface area (Å²) in [5.74, 6) is 1.29. The third kappa shape index (κ3) is 3.63. The van der Waals surface area contributed by atoms with Crippen molar-refractivity contribution in [1.82, 2.24) is 0 Å². The van der Waals surface area contributed by atoms with Crippen molar-refractivity contribution in [2.45, 2.75) is 5.88 Å². The average molecular weight is 180 g/mol. The molecule has 0 aliphatic heterocycles. The first kappa shape index (κ1) is 9.08. The summed E-state index contributed by atoms with van der Waals surface area (Å²) in [7, 11) is 0. The Labute approximate surface area is 69.9 Å². The van der Waals surface area contributed by atoms with Crippen molar-refractivity contribution in [3.63, 3.8) is 0 Å². The number of hydrogen-bond acceptors (Lipinski definition) is 2. The summed E-state index contributed by atoms with van der Waals surface area (Å²) in [6.45, 7) is 0. The summed E-state index contributed by atoms with van der Waals surface area (Å²) < 4.78 is 13.1. The number of hydrogen-bond donors (Lipinski definition) is 0. The van der Waals surface area contributed by atoms with Crippen molar-refractivity contribution in [1.29, 1.82) is 0 Å². The van der Waals surface area contributed by atoms with Gasteiger partial charge < -0.3 is 4.42 Å². The topological polar surface area (TPSA) is 30.2 Å². The van der Waals surface area contributed by atoms with E-state index in [0.717, 1.165) is 26.2 Å². The van der Waals surface area contributed by atoms with E-state index in [1.165, 1.54) is 0 Å². The molecule has 0 unspecified atom stereocenters. The van der Waals surface area contributed by atoms with E-state index in [1.807, 2.05) is 12.1 Å². The summed E-state index contributed by atoms with van der Waals surface area (Å²) in [4.78, 5) is 0. The zero-order valence-corrected chi connectivity index (χ0v) is 6.95. The second-order valence-electron chi connectivity index (χ2n) is 1.21. The Bertz CT molecular complexity index is 141. The first-order chi connectivity index (χ1) is 4.43. The van der Waals surface area contributed by atoms with Gasteiger partial charge in [0.05, 0.1) is 12.1 Å². The molecule has 1 aromatic heterocycles.